The van der Waals surface area contributed by atoms with Crippen molar-refractivity contribution in [2.75, 3.05) is 39.6 Å². The maximum atomic E-state index is 12.8. The van der Waals surface area contributed by atoms with Crippen LogP contribution in [0.4, 0.5) is 0 Å². The molecule has 10 heteroatoms. The van der Waals surface area contributed by atoms with Gasteiger partial charge in [-0.15, -0.1) is 11.8 Å². The van der Waals surface area contributed by atoms with Gasteiger partial charge >= 0.3 is 0 Å². The molecule has 1 saturated heterocycles. The molecule has 1 atom stereocenters. The first-order valence-electron chi connectivity index (χ1n) is 12.6. The Morgan fingerprint density at radius 3 is 2.68 bits per heavy atom. The van der Waals surface area contributed by atoms with E-state index in [1.165, 1.54) is 6.20 Å². The summed E-state index contributed by atoms with van der Waals surface area (Å²) in [4.78, 5) is 20.6. The Morgan fingerprint density at radius 2 is 1.97 bits per heavy atom. The van der Waals surface area contributed by atoms with Gasteiger partial charge in [-0.25, -0.2) is 5.48 Å². The summed E-state index contributed by atoms with van der Waals surface area (Å²) in [5.74, 6) is 2.01. The fraction of sp³-hybridized carbons (Fsp3) is 0.429. The number of methoxy groups -OCH3 is 2. The number of likely N-dealkylation sites (tertiary alicyclic amines) is 1. The zero-order chi connectivity index (χ0) is 27.1. The molecule has 1 aliphatic rings. The number of para-hydroxylation sites is 1. The second kappa shape index (κ2) is 13.0. The summed E-state index contributed by atoms with van der Waals surface area (Å²) in [5.41, 5.74) is 2.38. The van der Waals surface area contributed by atoms with Crippen molar-refractivity contribution in [1.82, 2.24) is 15.4 Å². The highest BCUT2D eigenvalue weighted by Gasteiger charge is 2.41. The lowest BCUT2D eigenvalue weighted by atomic mass is 9.73. The maximum Gasteiger partial charge on any atom is 0.249 e. The molecule has 0 spiro atoms. The third-order valence-electron chi connectivity index (χ3n) is 7.43. The molecule has 0 saturated carbocycles. The summed E-state index contributed by atoms with van der Waals surface area (Å²) in [6.45, 7) is 2.33. The summed E-state index contributed by atoms with van der Waals surface area (Å²) in [5, 5.41) is 21.8. The van der Waals surface area contributed by atoms with E-state index in [0.29, 0.717) is 52.9 Å². The summed E-state index contributed by atoms with van der Waals surface area (Å²) in [7, 11) is 3.25. The van der Waals surface area contributed by atoms with Gasteiger partial charge in [-0.1, -0.05) is 23.7 Å². The van der Waals surface area contributed by atoms with Crippen LogP contribution in [0.2, 0.25) is 5.02 Å². The number of nitrogens with one attached hydrogen (secondary N) is 1. The number of rotatable bonds is 11. The minimum atomic E-state index is -0.904. The molecule has 2 heterocycles. The number of halogens is 1. The molecule has 1 aliphatic heterocycles. The van der Waals surface area contributed by atoms with Crippen LogP contribution < -0.4 is 15.0 Å². The van der Waals surface area contributed by atoms with Crippen LogP contribution in [0, 0.1) is 5.41 Å². The Morgan fingerprint density at radius 1 is 1.21 bits per heavy atom. The maximum absolute atomic E-state index is 12.8. The van der Waals surface area contributed by atoms with E-state index in [4.69, 9.17) is 21.1 Å². The van der Waals surface area contributed by atoms with Gasteiger partial charge in [0.2, 0.25) is 5.91 Å². The second-order valence-corrected chi connectivity index (χ2v) is 11.1. The first-order chi connectivity index (χ1) is 18.4. The molecule has 1 unspecified atom stereocenters. The predicted molar refractivity (Wildman–Crippen MR) is 149 cm³/mol. The molecule has 3 aromatic rings. The number of hydrogen-bond acceptors (Lipinski definition) is 8. The van der Waals surface area contributed by atoms with E-state index >= 15 is 0 Å². The molecular formula is C28H34ClN3O5S. The fourth-order valence-corrected chi connectivity index (χ4v) is 6.44. The number of thioether (sulfide) groups is 1. The SMILES string of the molecule is COc1ccc2ncc(Cl)c(C(O)CCC3(C(=O)NO)CCN(CCSc4ccccc4OC)CC3)c2c1. The number of carbonyl (C=O) groups is 1. The zero-order valence-corrected chi connectivity index (χ0v) is 23.2. The highest BCUT2D eigenvalue weighted by atomic mass is 35.5. The molecule has 1 amide bonds. The number of aliphatic hydroxyl groups excluding tert-OH is 1. The van der Waals surface area contributed by atoms with E-state index in [1.54, 1.807) is 26.0 Å². The number of nitrogens with zero attached hydrogens (tertiary/aromatic N) is 2. The van der Waals surface area contributed by atoms with Crippen LogP contribution in [0.15, 0.2) is 53.6 Å². The molecular weight excluding hydrogens is 526 g/mol. The first kappa shape index (κ1) is 28.4. The number of benzene rings is 2. The van der Waals surface area contributed by atoms with Crippen molar-refractivity contribution in [3.05, 3.63) is 59.2 Å². The average molecular weight is 560 g/mol. The predicted octanol–water partition coefficient (Wildman–Crippen LogP) is 5.10. The lowest BCUT2D eigenvalue weighted by molar-refractivity contribution is -0.143. The van der Waals surface area contributed by atoms with Gasteiger partial charge in [0.1, 0.15) is 11.5 Å². The van der Waals surface area contributed by atoms with Crippen LogP contribution in [-0.4, -0.2) is 65.7 Å². The van der Waals surface area contributed by atoms with Gasteiger partial charge in [0.15, 0.2) is 0 Å². The minimum absolute atomic E-state index is 0.313. The van der Waals surface area contributed by atoms with Crippen molar-refractivity contribution in [2.24, 2.45) is 5.41 Å². The van der Waals surface area contributed by atoms with E-state index in [1.807, 2.05) is 41.9 Å². The van der Waals surface area contributed by atoms with Gasteiger partial charge < -0.3 is 19.5 Å². The van der Waals surface area contributed by atoms with E-state index < -0.39 is 17.4 Å². The molecule has 0 radical (unpaired) electrons. The number of aromatic nitrogens is 1. The highest BCUT2D eigenvalue weighted by molar-refractivity contribution is 7.99. The Bertz CT molecular complexity index is 1250. The lowest BCUT2D eigenvalue weighted by Gasteiger charge is -2.40. The quantitative estimate of drug-likeness (QED) is 0.169. The van der Waals surface area contributed by atoms with Crippen LogP contribution in [0.25, 0.3) is 10.9 Å². The molecule has 38 heavy (non-hydrogen) atoms. The number of hydrogen-bond donors (Lipinski definition) is 3. The van der Waals surface area contributed by atoms with Gasteiger partial charge in [0.25, 0.3) is 0 Å². The summed E-state index contributed by atoms with van der Waals surface area (Å²) in [6.07, 6.45) is 2.53. The number of aliphatic hydroxyl groups is 1. The normalized spacial score (nSPS) is 16.2. The Balaban J connectivity index is 1.39. The Labute approximate surface area is 232 Å². The van der Waals surface area contributed by atoms with Gasteiger partial charge in [-0.2, -0.15) is 0 Å². The van der Waals surface area contributed by atoms with Gasteiger partial charge in [0.05, 0.1) is 36.3 Å². The summed E-state index contributed by atoms with van der Waals surface area (Å²) in [6, 6.07) is 13.4. The van der Waals surface area contributed by atoms with E-state index in [0.717, 1.165) is 36.0 Å². The number of amides is 1. The first-order valence-corrected chi connectivity index (χ1v) is 14.0. The molecule has 204 valence electrons. The third kappa shape index (κ3) is 6.35. The Hall–Kier alpha value is -2.56. The molecule has 1 fully saturated rings. The van der Waals surface area contributed by atoms with Crippen molar-refractivity contribution in [3.8, 4) is 11.5 Å². The van der Waals surface area contributed by atoms with Crippen molar-refractivity contribution >= 4 is 40.2 Å². The van der Waals surface area contributed by atoms with Crippen LogP contribution in [0.1, 0.15) is 37.4 Å². The lowest BCUT2D eigenvalue weighted by Crippen LogP contribution is -2.48. The standard InChI is InChI=1S/C28H34ClN3O5S/c1-36-19-7-8-22-20(17-19)26(21(29)18-30-22)23(33)9-10-28(27(34)31-35)11-13-32(14-12-28)15-16-38-25-6-4-3-5-24(25)37-2/h3-8,17-18,23,33,35H,9-16H2,1-2H3,(H,31,34). The third-order valence-corrected chi connectivity index (χ3v) is 8.76. The van der Waals surface area contributed by atoms with Crippen LogP contribution in [-0.2, 0) is 4.79 Å². The number of ether oxygens (including phenoxy) is 2. The minimum Gasteiger partial charge on any atom is -0.497 e. The van der Waals surface area contributed by atoms with E-state index in [-0.39, 0.29) is 0 Å². The zero-order valence-electron chi connectivity index (χ0n) is 21.7. The monoisotopic (exact) mass is 559 g/mol. The number of hydroxylamine groups is 1. The number of pyridine rings is 1. The van der Waals surface area contributed by atoms with Crippen LogP contribution in [0.3, 0.4) is 0 Å². The molecule has 2 aromatic carbocycles. The number of carbonyl (C=O) groups excluding carboxylic acids is 1. The molecule has 8 nitrogen and oxygen atoms in total. The fourth-order valence-electron chi connectivity index (χ4n) is 5.13. The summed E-state index contributed by atoms with van der Waals surface area (Å²) < 4.78 is 10.8. The smallest absolute Gasteiger partial charge is 0.249 e. The number of fused-ring (bicyclic) bond motifs is 1. The molecule has 1 aromatic heterocycles. The van der Waals surface area contributed by atoms with Crippen LogP contribution >= 0.6 is 23.4 Å². The van der Waals surface area contributed by atoms with Crippen molar-refractivity contribution in [3.63, 3.8) is 0 Å². The number of piperidine rings is 1. The molecule has 3 N–H and O–H groups in total. The largest absolute Gasteiger partial charge is 0.497 e. The van der Waals surface area contributed by atoms with Gasteiger partial charge in [-0.05, 0) is 69.1 Å². The van der Waals surface area contributed by atoms with Crippen LogP contribution in [0.5, 0.6) is 11.5 Å². The van der Waals surface area contributed by atoms with E-state index in [2.05, 4.69) is 16.0 Å². The van der Waals surface area contributed by atoms with Gasteiger partial charge in [0, 0.05) is 34.3 Å². The van der Waals surface area contributed by atoms with Crippen molar-refractivity contribution in [1.29, 1.82) is 0 Å². The average Bonchev–Trinajstić information content (AvgIpc) is 2.96. The molecule has 0 bridgehead atoms. The van der Waals surface area contributed by atoms with Crippen molar-refractivity contribution < 1.29 is 24.6 Å². The van der Waals surface area contributed by atoms with Crippen molar-refractivity contribution in [2.45, 2.75) is 36.7 Å². The molecule has 4 rings (SSSR count). The van der Waals surface area contributed by atoms with Gasteiger partial charge in [-0.3, -0.25) is 15.0 Å². The van der Waals surface area contributed by atoms with E-state index in [9.17, 15) is 15.1 Å². The topological polar surface area (TPSA) is 104 Å². The molecule has 0 aliphatic carbocycles. The highest BCUT2D eigenvalue weighted by Crippen LogP contribution is 2.41. The summed E-state index contributed by atoms with van der Waals surface area (Å²) >= 11 is 8.22. The Kier molecular flexibility index (Phi) is 9.73. The second-order valence-electron chi connectivity index (χ2n) is 9.52.